The van der Waals surface area contributed by atoms with E-state index in [0.29, 0.717) is 16.6 Å². The first kappa shape index (κ1) is 17.2. The van der Waals surface area contributed by atoms with Gasteiger partial charge in [-0.15, -0.1) is 0 Å². The molecule has 1 heterocycles. The lowest BCUT2D eigenvalue weighted by Crippen LogP contribution is -2.48. The average Bonchev–Trinajstić information content (AvgIpc) is 2.35. The van der Waals surface area contributed by atoms with Crippen molar-refractivity contribution in [2.75, 3.05) is 6.61 Å². The fourth-order valence-electron chi connectivity index (χ4n) is 3.40. The second-order valence-corrected chi connectivity index (χ2v) is 11.9. The van der Waals surface area contributed by atoms with E-state index < -0.39 is 8.32 Å². The average molecular weight is 295 g/mol. The van der Waals surface area contributed by atoms with E-state index in [1.54, 1.807) is 6.07 Å². The van der Waals surface area contributed by atoms with Gasteiger partial charge in [-0.1, -0.05) is 41.5 Å². The van der Waals surface area contributed by atoms with Gasteiger partial charge >= 0.3 is 0 Å². The largest absolute Gasteiger partial charge is 0.506 e. The zero-order chi connectivity index (χ0) is 15.3. The van der Waals surface area contributed by atoms with Crippen LogP contribution in [0, 0.1) is 0 Å². The summed E-state index contributed by atoms with van der Waals surface area (Å²) in [5.74, 6) is 0.213. The quantitative estimate of drug-likeness (QED) is 0.752. The minimum absolute atomic E-state index is 0.213. The van der Waals surface area contributed by atoms with Crippen molar-refractivity contribution in [1.82, 2.24) is 4.98 Å². The predicted octanol–water partition coefficient (Wildman–Crippen LogP) is 4.52. The van der Waals surface area contributed by atoms with Crippen LogP contribution in [0.25, 0.3) is 0 Å². The van der Waals surface area contributed by atoms with Gasteiger partial charge in [0.1, 0.15) is 5.75 Å². The van der Waals surface area contributed by atoms with Gasteiger partial charge in [0.05, 0.1) is 6.20 Å². The third-order valence-electron chi connectivity index (χ3n) is 4.23. The highest BCUT2D eigenvalue weighted by Crippen LogP contribution is 2.42. The molecule has 1 aromatic rings. The molecule has 4 heteroatoms. The molecule has 0 fully saturated rings. The lowest BCUT2D eigenvalue weighted by molar-refractivity contribution is 0.280. The molecule has 1 N–H and O–H groups in total. The number of pyridine rings is 1. The summed E-state index contributed by atoms with van der Waals surface area (Å²) in [6.45, 7) is 14.5. The highest BCUT2D eigenvalue weighted by Gasteiger charge is 2.44. The Bertz CT molecular complexity index is 380. The van der Waals surface area contributed by atoms with Crippen LogP contribution < -0.4 is 0 Å². The molecule has 20 heavy (non-hydrogen) atoms. The van der Waals surface area contributed by atoms with Gasteiger partial charge in [-0.3, -0.25) is 4.98 Å². The topological polar surface area (TPSA) is 42.4 Å². The van der Waals surface area contributed by atoms with Crippen LogP contribution in [0.15, 0.2) is 18.3 Å². The van der Waals surface area contributed by atoms with E-state index >= 15 is 0 Å². The standard InChI is InChI=1S/C16H29NO2Si/c1-12(2)20(13(3)4,14(5)6)19-10-9-15-7-8-16(18)11-17-15/h7-8,11-14,18H,9-10H2,1-6H3. The molecular weight excluding hydrogens is 266 g/mol. The van der Waals surface area contributed by atoms with Crippen molar-refractivity contribution in [3.63, 3.8) is 0 Å². The summed E-state index contributed by atoms with van der Waals surface area (Å²) in [6, 6.07) is 3.54. The summed E-state index contributed by atoms with van der Waals surface area (Å²) in [5.41, 5.74) is 2.79. The SMILES string of the molecule is CC(C)[Si](OCCc1ccc(O)cn1)(C(C)C)C(C)C. The maximum atomic E-state index is 9.24. The minimum atomic E-state index is -1.77. The molecular formula is C16H29NO2Si. The van der Waals surface area contributed by atoms with Crippen LogP contribution in [0.3, 0.4) is 0 Å². The van der Waals surface area contributed by atoms with Gasteiger partial charge in [0.25, 0.3) is 0 Å². The fraction of sp³-hybridized carbons (Fsp3) is 0.688. The molecule has 3 nitrogen and oxygen atoms in total. The van der Waals surface area contributed by atoms with Crippen LogP contribution in [0.5, 0.6) is 5.75 Å². The molecule has 114 valence electrons. The van der Waals surface area contributed by atoms with Crippen LogP contribution >= 0.6 is 0 Å². The van der Waals surface area contributed by atoms with E-state index in [1.807, 2.05) is 6.07 Å². The van der Waals surface area contributed by atoms with Gasteiger partial charge in [0.2, 0.25) is 0 Å². The molecule has 0 saturated carbocycles. The van der Waals surface area contributed by atoms with E-state index in [-0.39, 0.29) is 5.75 Å². The number of nitrogens with zero attached hydrogens (tertiary/aromatic N) is 1. The van der Waals surface area contributed by atoms with E-state index in [2.05, 4.69) is 46.5 Å². The Labute approximate surface area is 124 Å². The molecule has 0 unspecified atom stereocenters. The first-order valence-corrected chi connectivity index (χ1v) is 9.72. The van der Waals surface area contributed by atoms with E-state index in [4.69, 9.17) is 4.43 Å². The van der Waals surface area contributed by atoms with Gasteiger partial charge in [-0.25, -0.2) is 0 Å². The molecule has 0 aliphatic carbocycles. The lowest BCUT2D eigenvalue weighted by atomic mass is 10.3. The van der Waals surface area contributed by atoms with Gasteiger partial charge in [0, 0.05) is 18.7 Å². The van der Waals surface area contributed by atoms with Crippen molar-refractivity contribution in [3.8, 4) is 5.75 Å². The Morgan fingerprint density at radius 2 is 1.60 bits per heavy atom. The summed E-state index contributed by atoms with van der Waals surface area (Å²) in [5, 5.41) is 9.24. The van der Waals surface area contributed by atoms with Crippen LogP contribution in [0.2, 0.25) is 16.6 Å². The Hall–Kier alpha value is -0.873. The number of aromatic hydroxyl groups is 1. The van der Waals surface area contributed by atoms with Crippen molar-refractivity contribution < 1.29 is 9.53 Å². The van der Waals surface area contributed by atoms with Gasteiger partial charge in [-0.2, -0.15) is 0 Å². The zero-order valence-electron chi connectivity index (χ0n) is 13.7. The Morgan fingerprint density at radius 3 is 2.00 bits per heavy atom. The van der Waals surface area contributed by atoms with Crippen LogP contribution in [0.1, 0.15) is 47.2 Å². The minimum Gasteiger partial charge on any atom is -0.506 e. The van der Waals surface area contributed by atoms with E-state index in [0.717, 1.165) is 18.7 Å². The smallest absolute Gasteiger partial charge is 0.200 e. The molecule has 0 bridgehead atoms. The summed E-state index contributed by atoms with van der Waals surface area (Å²) in [6.07, 6.45) is 2.30. The third-order valence-corrected chi connectivity index (χ3v) is 10.3. The predicted molar refractivity (Wildman–Crippen MR) is 86.6 cm³/mol. The summed E-state index contributed by atoms with van der Waals surface area (Å²) in [7, 11) is -1.77. The van der Waals surface area contributed by atoms with Crippen LogP contribution in [-0.2, 0) is 10.8 Å². The molecule has 0 radical (unpaired) electrons. The van der Waals surface area contributed by atoms with Gasteiger partial charge in [-0.05, 0) is 28.8 Å². The molecule has 0 atom stereocenters. The van der Waals surface area contributed by atoms with Crippen molar-refractivity contribution in [2.24, 2.45) is 0 Å². The zero-order valence-corrected chi connectivity index (χ0v) is 14.7. The maximum Gasteiger partial charge on any atom is 0.200 e. The number of hydrogen-bond donors (Lipinski definition) is 1. The van der Waals surface area contributed by atoms with Crippen molar-refractivity contribution in [2.45, 2.75) is 64.6 Å². The second-order valence-electron chi connectivity index (χ2n) is 6.42. The summed E-state index contributed by atoms with van der Waals surface area (Å²) in [4.78, 5) is 4.22. The lowest BCUT2D eigenvalue weighted by Gasteiger charge is -2.42. The molecule has 0 aliphatic rings. The number of hydrogen-bond acceptors (Lipinski definition) is 3. The molecule has 0 amide bonds. The van der Waals surface area contributed by atoms with Gasteiger partial charge in [0.15, 0.2) is 8.32 Å². The summed E-state index contributed by atoms with van der Waals surface area (Å²) < 4.78 is 6.48. The number of rotatable bonds is 7. The Morgan fingerprint density at radius 1 is 1.05 bits per heavy atom. The molecule has 1 rings (SSSR count). The van der Waals surface area contributed by atoms with E-state index in [9.17, 15) is 5.11 Å². The van der Waals surface area contributed by atoms with Crippen LogP contribution in [0.4, 0.5) is 0 Å². The highest BCUT2D eigenvalue weighted by molar-refractivity contribution is 6.77. The fourth-order valence-corrected chi connectivity index (χ4v) is 8.85. The second kappa shape index (κ2) is 7.23. The Balaban J connectivity index is 2.70. The van der Waals surface area contributed by atoms with E-state index in [1.165, 1.54) is 6.20 Å². The molecule has 0 aliphatic heterocycles. The van der Waals surface area contributed by atoms with Crippen molar-refractivity contribution >= 4 is 8.32 Å². The third kappa shape index (κ3) is 3.82. The highest BCUT2D eigenvalue weighted by atomic mass is 28.4. The maximum absolute atomic E-state index is 9.24. The molecule has 1 aromatic heterocycles. The summed E-state index contributed by atoms with van der Waals surface area (Å²) >= 11 is 0. The normalized spacial score (nSPS) is 12.7. The molecule has 0 spiro atoms. The monoisotopic (exact) mass is 295 g/mol. The van der Waals surface area contributed by atoms with Crippen molar-refractivity contribution in [3.05, 3.63) is 24.0 Å². The Kier molecular flexibility index (Phi) is 6.21. The van der Waals surface area contributed by atoms with Gasteiger partial charge < -0.3 is 9.53 Å². The molecule has 0 aromatic carbocycles. The molecule has 0 saturated heterocycles. The first-order chi connectivity index (χ1) is 9.30. The first-order valence-electron chi connectivity index (χ1n) is 7.58. The van der Waals surface area contributed by atoms with Crippen molar-refractivity contribution in [1.29, 1.82) is 0 Å². The number of aromatic nitrogens is 1. The van der Waals surface area contributed by atoms with Crippen LogP contribution in [-0.4, -0.2) is 25.0 Å².